The minimum absolute atomic E-state index is 0.0446. The largest absolute Gasteiger partial charge is 0.325 e. The summed E-state index contributed by atoms with van der Waals surface area (Å²) in [7, 11) is 0. The summed E-state index contributed by atoms with van der Waals surface area (Å²) in [5.74, 6) is 4.64. The van der Waals surface area contributed by atoms with Crippen molar-refractivity contribution in [3.63, 3.8) is 0 Å². The van der Waals surface area contributed by atoms with E-state index in [0.717, 1.165) is 4.90 Å². The van der Waals surface area contributed by atoms with E-state index in [9.17, 15) is 14.0 Å². The number of halogens is 1. The van der Waals surface area contributed by atoms with Gasteiger partial charge in [-0.15, -0.1) is 0 Å². The summed E-state index contributed by atoms with van der Waals surface area (Å²) in [6.07, 6.45) is 0. The van der Waals surface area contributed by atoms with E-state index >= 15 is 0 Å². The third-order valence-corrected chi connectivity index (χ3v) is 3.17. The molecule has 0 bridgehead atoms. The first-order valence-electron chi connectivity index (χ1n) is 6.46. The molecule has 2 rings (SSSR count). The van der Waals surface area contributed by atoms with Gasteiger partial charge in [0, 0.05) is 5.56 Å². The van der Waals surface area contributed by atoms with Crippen molar-refractivity contribution in [3.8, 4) is 11.8 Å². The van der Waals surface area contributed by atoms with Gasteiger partial charge in [-0.1, -0.05) is 17.9 Å². The number of nitrogens with one attached hydrogen (secondary N) is 1. The molecule has 1 aromatic carbocycles. The highest BCUT2D eigenvalue weighted by Crippen LogP contribution is 2.21. The van der Waals surface area contributed by atoms with E-state index in [-0.39, 0.29) is 19.0 Å². The summed E-state index contributed by atoms with van der Waals surface area (Å²) < 4.78 is 13.3. The highest BCUT2D eigenvalue weighted by molar-refractivity contribution is 6.06. The molecule has 0 radical (unpaired) electrons. The Morgan fingerprint density at radius 1 is 1.38 bits per heavy atom. The molecule has 1 heterocycles. The van der Waals surface area contributed by atoms with Crippen molar-refractivity contribution < 1.29 is 14.0 Å². The van der Waals surface area contributed by atoms with Gasteiger partial charge in [0.05, 0.1) is 13.1 Å². The Kier molecular flexibility index (Phi) is 3.96. The lowest BCUT2D eigenvalue weighted by molar-refractivity contribution is -0.130. The van der Waals surface area contributed by atoms with Crippen molar-refractivity contribution in [2.45, 2.75) is 25.9 Å². The van der Waals surface area contributed by atoms with Crippen LogP contribution < -0.4 is 11.1 Å². The molecular formula is C15H16FN3O2. The summed E-state index contributed by atoms with van der Waals surface area (Å²) in [6.45, 7) is 3.45. The topological polar surface area (TPSA) is 75.4 Å². The molecule has 110 valence electrons. The molecule has 0 atom stereocenters. The Labute approximate surface area is 122 Å². The third kappa shape index (κ3) is 3.03. The fraction of sp³-hybridized carbons (Fsp3) is 0.333. The molecule has 1 fully saturated rings. The van der Waals surface area contributed by atoms with Gasteiger partial charge in [-0.2, -0.15) is 0 Å². The van der Waals surface area contributed by atoms with Gasteiger partial charge in [0.25, 0.3) is 5.91 Å². The maximum atomic E-state index is 13.3. The molecule has 3 amide bonds. The average Bonchev–Trinajstić information content (AvgIpc) is 2.60. The normalized spacial score (nSPS) is 16.5. The van der Waals surface area contributed by atoms with Crippen LogP contribution in [0, 0.1) is 17.7 Å². The summed E-state index contributed by atoms with van der Waals surface area (Å²) in [5, 5.41) is 2.59. The maximum Gasteiger partial charge on any atom is 0.325 e. The molecule has 0 aromatic heterocycles. The minimum Gasteiger partial charge on any atom is -0.324 e. The van der Waals surface area contributed by atoms with Crippen LogP contribution in [0.1, 0.15) is 25.0 Å². The number of imide groups is 1. The number of nitrogens with zero attached hydrogens (tertiary/aromatic N) is 1. The number of hydrogen-bond acceptors (Lipinski definition) is 3. The predicted molar refractivity (Wildman–Crippen MR) is 75.5 cm³/mol. The Balaban J connectivity index is 2.32. The van der Waals surface area contributed by atoms with E-state index in [1.54, 1.807) is 13.8 Å². The first-order chi connectivity index (χ1) is 9.85. The number of amides is 3. The van der Waals surface area contributed by atoms with Crippen LogP contribution in [0.2, 0.25) is 0 Å². The van der Waals surface area contributed by atoms with E-state index in [4.69, 9.17) is 5.73 Å². The standard InChI is InChI=1S/C15H16FN3O2/c1-15(2)13(20)19(14(21)18-15)9-11-5-6-12(16)8-10(11)4-3-7-17/h5-6,8H,7,9,17H2,1-2H3,(H,18,21). The number of hydrogen-bond donors (Lipinski definition) is 2. The minimum atomic E-state index is -0.930. The second kappa shape index (κ2) is 5.54. The smallest absolute Gasteiger partial charge is 0.324 e. The zero-order valence-corrected chi connectivity index (χ0v) is 11.9. The molecule has 1 aromatic rings. The van der Waals surface area contributed by atoms with E-state index in [1.165, 1.54) is 18.2 Å². The Morgan fingerprint density at radius 2 is 2.10 bits per heavy atom. The van der Waals surface area contributed by atoms with Crippen LogP contribution >= 0.6 is 0 Å². The monoisotopic (exact) mass is 289 g/mol. The maximum absolute atomic E-state index is 13.3. The second-order valence-corrected chi connectivity index (χ2v) is 5.25. The average molecular weight is 289 g/mol. The van der Waals surface area contributed by atoms with Gasteiger partial charge in [-0.3, -0.25) is 9.69 Å². The second-order valence-electron chi connectivity index (χ2n) is 5.25. The Hall–Kier alpha value is -2.39. The van der Waals surface area contributed by atoms with Crippen molar-refractivity contribution in [3.05, 3.63) is 35.1 Å². The van der Waals surface area contributed by atoms with E-state index < -0.39 is 17.4 Å². The summed E-state index contributed by atoms with van der Waals surface area (Å²) in [5.41, 5.74) is 5.40. The summed E-state index contributed by atoms with van der Waals surface area (Å²) in [6, 6.07) is 3.59. The van der Waals surface area contributed by atoms with Gasteiger partial charge in [0.1, 0.15) is 11.4 Å². The van der Waals surface area contributed by atoms with Gasteiger partial charge in [0.2, 0.25) is 0 Å². The van der Waals surface area contributed by atoms with Crippen LogP contribution in [0.25, 0.3) is 0 Å². The fourth-order valence-electron chi connectivity index (χ4n) is 2.08. The Bertz CT molecular complexity index is 659. The fourth-order valence-corrected chi connectivity index (χ4v) is 2.08. The van der Waals surface area contributed by atoms with Crippen molar-refractivity contribution in [1.29, 1.82) is 0 Å². The number of carbonyl (C=O) groups is 2. The van der Waals surface area contributed by atoms with Crippen LogP contribution in [0.4, 0.5) is 9.18 Å². The van der Waals surface area contributed by atoms with Crippen molar-refractivity contribution in [2.24, 2.45) is 5.73 Å². The lowest BCUT2D eigenvalue weighted by Crippen LogP contribution is -2.40. The van der Waals surface area contributed by atoms with E-state index in [1.807, 2.05) is 0 Å². The third-order valence-electron chi connectivity index (χ3n) is 3.17. The zero-order chi connectivity index (χ0) is 15.6. The number of nitrogens with two attached hydrogens (primary N) is 1. The van der Waals surface area contributed by atoms with Gasteiger partial charge in [-0.05, 0) is 31.5 Å². The van der Waals surface area contributed by atoms with Crippen LogP contribution in [0.15, 0.2) is 18.2 Å². The number of benzene rings is 1. The first kappa shape index (κ1) is 15.0. The Morgan fingerprint density at radius 3 is 2.67 bits per heavy atom. The molecular weight excluding hydrogens is 273 g/mol. The van der Waals surface area contributed by atoms with E-state index in [2.05, 4.69) is 17.2 Å². The molecule has 6 heteroatoms. The van der Waals surface area contributed by atoms with Crippen molar-refractivity contribution >= 4 is 11.9 Å². The van der Waals surface area contributed by atoms with Crippen molar-refractivity contribution in [1.82, 2.24) is 10.2 Å². The molecule has 1 aliphatic heterocycles. The molecule has 0 saturated carbocycles. The van der Waals surface area contributed by atoms with Crippen LogP contribution in [0.5, 0.6) is 0 Å². The lowest BCUT2D eigenvalue weighted by Gasteiger charge is -2.16. The molecule has 5 nitrogen and oxygen atoms in total. The number of urea groups is 1. The predicted octanol–water partition coefficient (Wildman–Crippen LogP) is 0.966. The quantitative estimate of drug-likeness (QED) is 0.629. The molecule has 0 spiro atoms. The van der Waals surface area contributed by atoms with Gasteiger partial charge in [0.15, 0.2) is 0 Å². The van der Waals surface area contributed by atoms with Crippen LogP contribution in [-0.2, 0) is 11.3 Å². The zero-order valence-electron chi connectivity index (χ0n) is 11.9. The van der Waals surface area contributed by atoms with Crippen LogP contribution in [-0.4, -0.2) is 28.9 Å². The SMILES string of the molecule is CC1(C)NC(=O)N(Cc2ccc(F)cc2C#CCN)C1=O. The molecule has 3 N–H and O–H groups in total. The number of rotatable bonds is 2. The van der Waals surface area contributed by atoms with Crippen LogP contribution in [0.3, 0.4) is 0 Å². The molecule has 1 aliphatic rings. The molecule has 0 aliphatic carbocycles. The van der Waals surface area contributed by atoms with E-state index in [0.29, 0.717) is 11.1 Å². The van der Waals surface area contributed by atoms with Crippen molar-refractivity contribution in [2.75, 3.05) is 6.54 Å². The molecule has 1 saturated heterocycles. The molecule has 21 heavy (non-hydrogen) atoms. The highest BCUT2D eigenvalue weighted by Gasteiger charge is 2.44. The molecule has 0 unspecified atom stereocenters. The lowest BCUT2D eigenvalue weighted by atomic mass is 10.0. The first-order valence-corrected chi connectivity index (χ1v) is 6.46. The number of carbonyl (C=O) groups excluding carboxylic acids is 2. The highest BCUT2D eigenvalue weighted by atomic mass is 19.1. The van der Waals surface area contributed by atoms with Gasteiger partial charge < -0.3 is 11.1 Å². The van der Waals surface area contributed by atoms with Gasteiger partial charge in [-0.25, -0.2) is 9.18 Å². The van der Waals surface area contributed by atoms with Gasteiger partial charge >= 0.3 is 6.03 Å². The summed E-state index contributed by atoms with van der Waals surface area (Å²) in [4.78, 5) is 25.1. The summed E-state index contributed by atoms with van der Waals surface area (Å²) >= 11 is 0.